The second-order valence-electron chi connectivity index (χ2n) is 3.59. The molecule has 0 bridgehead atoms. The van der Waals surface area contributed by atoms with Gasteiger partial charge in [-0.15, -0.1) is 0 Å². The molecular formula is C12H14N4O. The van der Waals surface area contributed by atoms with Gasteiger partial charge in [-0.2, -0.15) is 0 Å². The van der Waals surface area contributed by atoms with Crippen molar-refractivity contribution >= 4 is 11.6 Å². The van der Waals surface area contributed by atoms with Crippen molar-refractivity contribution in [2.24, 2.45) is 0 Å². The van der Waals surface area contributed by atoms with Crippen LogP contribution in [0, 0.1) is 0 Å². The standard InChI is InChI=1S/C12H14N4O/c1-13-8-11(17)16-10-4-2-9(3-5-10)12-14-6-7-15-12/h2-7,13H,8H2,1H3,(H,14,15)(H,16,17). The van der Waals surface area contributed by atoms with Gasteiger partial charge in [-0.3, -0.25) is 4.79 Å². The van der Waals surface area contributed by atoms with Gasteiger partial charge in [0.05, 0.1) is 6.54 Å². The zero-order valence-electron chi connectivity index (χ0n) is 9.53. The zero-order valence-corrected chi connectivity index (χ0v) is 9.53. The molecule has 0 aliphatic heterocycles. The molecule has 5 heteroatoms. The Hall–Kier alpha value is -2.14. The third-order valence-corrected chi connectivity index (χ3v) is 2.28. The van der Waals surface area contributed by atoms with Gasteiger partial charge in [-0.05, 0) is 31.3 Å². The highest BCUT2D eigenvalue weighted by molar-refractivity contribution is 5.92. The van der Waals surface area contributed by atoms with Gasteiger partial charge in [0.25, 0.3) is 0 Å². The molecule has 0 saturated heterocycles. The molecular weight excluding hydrogens is 216 g/mol. The number of carbonyl (C=O) groups excluding carboxylic acids is 1. The first kappa shape index (κ1) is 11.3. The molecule has 2 aromatic rings. The van der Waals surface area contributed by atoms with Gasteiger partial charge in [0.1, 0.15) is 5.82 Å². The molecule has 1 heterocycles. The molecule has 2 rings (SSSR count). The van der Waals surface area contributed by atoms with Crippen LogP contribution in [-0.2, 0) is 4.79 Å². The van der Waals surface area contributed by atoms with Crippen LogP contribution in [0.3, 0.4) is 0 Å². The van der Waals surface area contributed by atoms with Gasteiger partial charge in [-0.25, -0.2) is 4.98 Å². The number of imidazole rings is 1. The summed E-state index contributed by atoms with van der Waals surface area (Å²) in [6.07, 6.45) is 3.48. The highest BCUT2D eigenvalue weighted by Gasteiger charge is 2.02. The number of carbonyl (C=O) groups is 1. The van der Waals surface area contributed by atoms with Crippen LogP contribution < -0.4 is 10.6 Å². The van der Waals surface area contributed by atoms with Gasteiger partial charge in [-0.1, -0.05) is 0 Å². The third kappa shape index (κ3) is 2.92. The maximum absolute atomic E-state index is 11.3. The number of nitrogens with zero attached hydrogens (tertiary/aromatic N) is 1. The summed E-state index contributed by atoms with van der Waals surface area (Å²) in [5.41, 5.74) is 1.77. The topological polar surface area (TPSA) is 69.8 Å². The molecule has 0 radical (unpaired) electrons. The summed E-state index contributed by atoms with van der Waals surface area (Å²) in [6, 6.07) is 7.53. The van der Waals surface area contributed by atoms with Gasteiger partial charge in [0.15, 0.2) is 0 Å². The Labute approximate surface area is 99.3 Å². The van der Waals surface area contributed by atoms with E-state index in [2.05, 4.69) is 20.6 Å². The van der Waals surface area contributed by atoms with Gasteiger partial charge in [0, 0.05) is 23.6 Å². The third-order valence-electron chi connectivity index (χ3n) is 2.28. The molecule has 3 N–H and O–H groups in total. The smallest absolute Gasteiger partial charge is 0.238 e. The lowest BCUT2D eigenvalue weighted by Crippen LogP contribution is -2.24. The zero-order chi connectivity index (χ0) is 12.1. The molecule has 0 fully saturated rings. The predicted molar refractivity (Wildman–Crippen MR) is 66.6 cm³/mol. The second kappa shape index (κ2) is 5.27. The lowest BCUT2D eigenvalue weighted by molar-refractivity contribution is -0.115. The molecule has 5 nitrogen and oxygen atoms in total. The van der Waals surface area contributed by atoms with Crippen LogP contribution in [0.2, 0.25) is 0 Å². The highest BCUT2D eigenvalue weighted by Crippen LogP contribution is 2.17. The van der Waals surface area contributed by atoms with E-state index in [1.165, 1.54) is 0 Å². The summed E-state index contributed by atoms with van der Waals surface area (Å²) in [5.74, 6) is 0.761. The Balaban J connectivity index is 2.06. The van der Waals surface area contributed by atoms with Crippen LogP contribution in [0.15, 0.2) is 36.7 Å². The van der Waals surface area contributed by atoms with E-state index >= 15 is 0 Å². The fourth-order valence-electron chi connectivity index (χ4n) is 1.50. The number of nitrogens with one attached hydrogen (secondary N) is 3. The average Bonchev–Trinajstić information content (AvgIpc) is 2.84. The summed E-state index contributed by atoms with van der Waals surface area (Å²) in [6.45, 7) is 0.305. The molecule has 1 aromatic carbocycles. The van der Waals surface area contributed by atoms with Crippen molar-refractivity contribution in [3.63, 3.8) is 0 Å². The van der Waals surface area contributed by atoms with E-state index in [4.69, 9.17) is 0 Å². The summed E-state index contributed by atoms with van der Waals surface area (Å²) in [5, 5.41) is 5.58. The van der Waals surface area contributed by atoms with Crippen molar-refractivity contribution in [2.45, 2.75) is 0 Å². The fraction of sp³-hybridized carbons (Fsp3) is 0.167. The number of H-pyrrole nitrogens is 1. The summed E-state index contributed by atoms with van der Waals surface area (Å²) < 4.78 is 0. The number of benzene rings is 1. The van der Waals surface area contributed by atoms with Gasteiger partial charge in [0.2, 0.25) is 5.91 Å². The Morgan fingerprint density at radius 3 is 2.71 bits per heavy atom. The quantitative estimate of drug-likeness (QED) is 0.740. The highest BCUT2D eigenvalue weighted by atomic mass is 16.1. The molecule has 0 unspecified atom stereocenters. The SMILES string of the molecule is CNCC(=O)Nc1ccc(-c2ncc[nH]2)cc1. The van der Waals surface area contributed by atoms with Crippen molar-refractivity contribution in [3.8, 4) is 11.4 Å². The minimum absolute atomic E-state index is 0.0572. The van der Waals surface area contributed by atoms with Gasteiger partial charge < -0.3 is 15.6 Å². The molecule has 0 spiro atoms. The maximum Gasteiger partial charge on any atom is 0.238 e. The fourth-order valence-corrected chi connectivity index (χ4v) is 1.50. The second-order valence-corrected chi connectivity index (χ2v) is 3.59. The molecule has 0 saturated carbocycles. The molecule has 88 valence electrons. The van der Waals surface area contributed by atoms with Crippen LogP contribution in [-0.4, -0.2) is 29.5 Å². The Morgan fingerprint density at radius 1 is 1.35 bits per heavy atom. The lowest BCUT2D eigenvalue weighted by Gasteiger charge is -2.05. The minimum Gasteiger partial charge on any atom is -0.345 e. The first-order valence-electron chi connectivity index (χ1n) is 5.34. The van der Waals surface area contributed by atoms with Crippen LogP contribution in [0.5, 0.6) is 0 Å². The maximum atomic E-state index is 11.3. The van der Waals surface area contributed by atoms with E-state index in [1.54, 1.807) is 19.4 Å². The lowest BCUT2D eigenvalue weighted by atomic mass is 10.2. The van der Waals surface area contributed by atoms with E-state index in [-0.39, 0.29) is 5.91 Å². The number of rotatable bonds is 4. The number of amides is 1. The van der Waals surface area contributed by atoms with Crippen LogP contribution in [0.25, 0.3) is 11.4 Å². The molecule has 0 aliphatic rings. The molecule has 17 heavy (non-hydrogen) atoms. The van der Waals surface area contributed by atoms with E-state index in [0.717, 1.165) is 17.1 Å². The summed E-state index contributed by atoms with van der Waals surface area (Å²) >= 11 is 0. The average molecular weight is 230 g/mol. The number of hydrogen-bond acceptors (Lipinski definition) is 3. The number of aromatic amines is 1. The first-order valence-corrected chi connectivity index (χ1v) is 5.34. The molecule has 1 aromatic heterocycles. The monoisotopic (exact) mass is 230 g/mol. The van der Waals surface area contributed by atoms with Crippen molar-refractivity contribution in [2.75, 3.05) is 18.9 Å². The molecule has 1 amide bonds. The number of anilines is 1. The summed E-state index contributed by atoms with van der Waals surface area (Å²) in [7, 11) is 1.74. The number of aromatic nitrogens is 2. The van der Waals surface area contributed by atoms with Crippen molar-refractivity contribution in [1.82, 2.24) is 15.3 Å². The van der Waals surface area contributed by atoms with Crippen molar-refractivity contribution < 1.29 is 4.79 Å². The summed E-state index contributed by atoms with van der Waals surface area (Å²) in [4.78, 5) is 18.5. The normalized spacial score (nSPS) is 10.2. The first-order chi connectivity index (χ1) is 8.29. The van der Waals surface area contributed by atoms with Crippen LogP contribution in [0.4, 0.5) is 5.69 Å². The Kier molecular flexibility index (Phi) is 3.52. The van der Waals surface area contributed by atoms with E-state index in [9.17, 15) is 4.79 Å². The largest absolute Gasteiger partial charge is 0.345 e. The van der Waals surface area contributed by atoms with E-state index in [0.29, 0.717) is 6.54 Å². The van der Waals surface area contributed by atoms with E-state index < -0.39 is 0 Å². The Bertz CT molecular complexity index is 476. The van der Waals surface area contributed by atoms with Crippen LogP contribution >= 0.6 is 0 Å². The van der Waals surface area contributed by atoms with Crippen molar-refractivity contribution in [1.29, 1.82) is 0 Å². The van der Waals surface area contributed by atoms with E-state index in [1.807, 2.05) is 24.3 Å². The molecule has 0 atom stereocenters. The van der Waals surface area contributed by atoms with Crippen LogP contribution in [0.1, 0.15) is 0 Å². The predicted octanol–water partition coefficient (Wildman–Crippen LogP) is 1.23. The van der Waals surface area contributed by atoms with Gasteiger partial charge >= 0.3 is 0 Å². The van der Waals surface area contributed by atoms with Crippen molar-refractivity contribution in [3.05, 3.63) is 36.7 Å². The number of likely N-dealkylation sites (N-methyl/N-ethyl adjacent to an activating group) is 1. The number of hydrogen-bond donors (Lipinski definition) is 3. The minimum atomic E-state index is -0.0572. The Morgan fingerprint density at radius 2 is 2.12 bits per heavy atom. The molecule has 0 aliphatic carbocycles.